The van der Waals surface area contributed by atoms with Crippen molar-refractivity contribution in [2.24, 2.45) is 0 Å². The van der Waals surface area contributed by atoms with Crippen molar-refractivity contribution in [3.8, 4) is 5.75 Å². The number of aromatic nitrogens is 3. The van der Waals surface area contributed by atoms with Crippen molar-refractivity contribution in [1.29, 1.82) is 0 Å². The van der Waals surface area contributed by atoms with Gasteiger partial charge in [-0.2, -0.15) is 0 Å². The number of ether oxygens (including phenoxy) is 1. The molecule has 1 unspecified atom stereocenters. The number of carbonyl (C=O) groups excluding carboxylic acids is 1. The number of nitrogen functional groups attached to an aromatic ring is 1. The van der Waals surface area contributed by atoms with Gasteiger partial charge in [-0.1, -0.05) is 48.2 Å². The van der Waals surface area contributed by atoms with E-state index in [4.69, 9.17) is 10.6 Å². The van der Waals surface area contributed by atoms with Crippen molar-refractivity contribution in [3.63, 3.8) is 0 Å². The summed E-state index contributed by atoms with van der Waals surface area (Å²) >= 11 is 1.19. The number of para-hydroxylation sites is 1. The van der Waals surface area contributed by atoms with Crippen LogP contribution in [0.3, 0.4) is 0 Å². The summed E-state index contributed by atoms with van der Waals surface area (Å²) in [5, 5.41) is 11.5. The molecule has 0 saturated carbocycles. The molecule has 0 aliphatic heterocycles. The fraction of sp³-hybridized carbons (Fsp3) is 0.286. The van der Waals surface area contributed by atoms with Gasteiger partial charge in [0.2, 0.25) is 11.1 Å². The molecule has 9 heteroatoms. The number of halogens is 1. The van der Waals surface area contributed by atoms with E-state index in [-0.39, 0.29) is 30.1 Å². The predicted octanol–water partition coefficient (Wildman–Crippen LogP) is 3.00. The summed E-state index contributed by atoms with van der Waals surface area (Å²) < 4.78 is 20.3. The van der Waals surface area contributed by atoms with Crippen molar-refractivity contribution < 1.29 is 13.9 Å². The van der Waals surface area contributed by atoms with Crippen LogP contribution >= 0.6 is 11.8 Å². The highest BCUT2D eigenvalue weighted by Crippen LogP contribution is 2.29. The van der Waals surface area contributed by atoms with Crippen LogP contribution in [0.1, 0.15) is 35.8 Å². The molecule has 0 saturated heterocycles. The van der Waals surface area contributed by atoms with Crippen LogP contribution in [-0.2, 0) is 17.8 Å². The fourth-order valence-electron chi connectivity index (χ4n) is 3.48. The van der Waals surface area contributed by atoms with Gasteiger partial charge in [-0.25, -0.2) is 9.07 Å². The minimum absolute atomic E-state index is 0.0310. The lowest BCUT2D eigenvalue weighted by molar-refractivity contribution is -0.119. The van der Waals surface area contributed by atoms with Crippen LogP contribution in [0, 0.1) is 5.82 Å². The molecule has 156 valence electrons. The lowest BCUT2D eigenvalue weighted by Crippen LogP contribution is -2.32. The highest BCUT2D eigenvalue weighted by atomic mass is 32.2. The van der Waals surface area contributed by atoms with Crippen LogP contribution in [0.5, 0.6) is 5.75 Å². The smallest absolute Gasteiger partial charge is 0.230 e. The molecule has 30 heavy (non-hydrogen) atoms. The lowest BCUT2D eigenvalue weighted by Gasteiger charge is -2.26. The first-order chi connectivity index (χ1) is 14.6. The second kappa shape index (κ2) is 9.17. The summed E-state index contributed by atoms with van der Waals surface area (Å²) in [5.41, 5.74) is 2.49. The molecule has 4 rings (SSSR count). The molecule has 1 amide bonds. The Morgan fingerprint density at radius 1 is 1.23 bits per heavy atom. The van der Waals surface area contributed by atoms with E-state index in [9.17, 15) is 9.18 Å². The van der Waals surface area contributed by atoms with Gasteiger partial charge in [0, 0.05) is 0 Å². The number of amides is 1. The molecule has 0 radical (unpaired) electrons. The summed E-state index contributed by atoms with van der Waals surface area (Å²) in [6.07, 6.45) is 3.03. The van der Waals surface area contributed by atoms with Gasteiger partial charge in [-0.3, -0.25) is 4.79 Å². The standard InChI is InChI=1S/C21H22FN5O2S/c22-16-9-3-4-11-18(16)29-12-19-25-26-21(27(19)23)30-13-20(28)24-17-10-5-7-14-6-1-2-8-15(14)17/h1-4,6,8-9,11,17H,5,7,10,12-13,23H2,(H,24,28). The number of nitrogens with zero attached hydrogens (tertiary/aromatic N) is 3. The third kappa shape index (κ3) is 4.56. The second-order valence-electron chi connectivity index (χ2n) is 6.99. The molecule has 0 bridgehead atoms. The number of aryl methyl sites for hydroxylation is 1. The number of nitrogens with one attached hydrogen (secondary N) is 1. The molecular weight excluding hydrogens is 405 g/mol. The second-order valence-corrected chi connectivity index (χ2v) is 7.93. The predicted molar refractivity (Wildman–Crippen MR) is 112 cm³/mol. The first-order valence-corrected chi connectivity index (χ1v) is 10.7. The normalized spacial score (nSPS) is 15.4. The maximum absolute atomic E-state index is 13.6. The molecule has 3 N–H and O–H groups in total. The zero-order valence-electron chi connectivity index (χ0n) is 16.3. The van der Waals surface area contributed by atoms with E-state index >= 15 is 0 Å². The molecule has 1 atom stereocenters. The third-order valence-electron chi connectivity index (χ3n) is 4.97. The summed E-state index contributed by atoms with van der Waals surface area (Å²) in [4.78, 5) is 12.5. The molecule has 1 heterocycles. The summed E-state index contributed by atoms with van der Waals surface area (Å²) in [6, 6.07) is 14.3. The quantitative estimate of drug-likeness (QED) is 0.445. The Hall–Kier alpha value is -3.07. The zero-order valence-corrected chi connectivity index (χ0v) is 17.1. The zero-order chi connectivity index (χ0) is 20.9. The number of fused-ring (bicyclic) bond motifs is 1. The lowest BCUT2D eigenvalue weighted by atomic mass is 9.88. The summed E-state index contributed by atoms with van der Waals surface area (Å²) in [6.45, 7) is -0.0317. The van der Waals surface area contributed by atoms with Crippen molar-refractivity contribution in [2.45, 2.75) is 37.1 Å². The van der Waals surface area contributed by atoms with Crippen LogP contribution in [0.15, 0.2) is 53.7 Å². The molecule has 1 aliphatic carbocycles. The van der Waals surface area contributed by atoms with Gasteiger partial charge in [0.05, 0.1) is 11.8 Å². The minimum Gasteiger partial charge on any atom is -0.482 e. The Morgan fingerprint density at radius 3 is 2.90 bits per heavy atom. The average Bonchev–Trinajstić information content (AvgIpc) is 3.11. The number of carbonyl (C=O) groups is 1. The van der Waals surface area contributed by atoms with Gasteiger partial charge in [0.1, 0.15) is 6.61 Å². The van der Waals surface area contributed by atoms with E-state index in [1.165, 1.54) is 39.7 Å². The molecule has 2 aromatic carbocycles. The maximum Gasteiger partial charge on any atom is 0.230 e. The monoisotopic (exact) mass is 427 g/mol. The van der Waals surface area contributed by atoms with Crippen LogP contribution in [-0.4, -0.2) is 26.5 Å². The molecule has 3 aromatic rings. The molecule has 1 aliphatic rings. The molecule has 0 spiro atoms. The van der Waals surface area contributed by atoms with Gasteiger partial charge < -0.3 is 15.9 Å². The number of nitrogens with two attached hydrogens (primary N) is 1. The van der Waals surface area contributed by atoms with Crippen molar-refractivity contribution >= 4 is 17.7 Å². The van der Waals surface area contributed by atoms with Gasteiger partial charge >= 0.3 is 0 Å². The molecule has 7 nitrogen and oxygen atoms in total. The Morgan fingerprint density at radius 2 is 2.03 bits per heavy atom. The molecular formula is C21H22FN5O2S. The van der Waals surface area contributed by atoms with Gasteiger partial charge in [-0.05, 0) is 42.5 Å². The van der Waals surface area contributed by atoms with Crippen molar-refractivity contribution in [1.82, 2.24) is 20.2 Å². The number of hydrogen-bond donors (Lipinski definition) is 2. The Kier molecular flexibility index (Phi) is 6.18. The third-order valence-corrected chi connectivity index (χ3v) is 5.91. The minimum atomic E-state index is -0.462. The van der Waals surface area contributed by atoms with Crippen LogP contribution < -0.4 is 15.9 Å². The van der Waals surface area contributed by atoms with Crippen molar-refractivity contribution in [3.05, 3.63) is 71.3 Å². The van der Waals surface area contributed by atoms with E-state index in [2.05, 4.69) is 27.6 Å². The van der Waals surface area contributed by atoms with Crippen LogP contribution in [0.4, 0.5) is 4.39 Å². The number of rotatable bonds is 7. The SMILES string of the molecule is Nn1c(COc2ccccc2F)nnc1SCC(=O)NC1CCCc2ccccc21. The van der Waals surface area contributed by atoms with Gasteiger partial charge in [0.25, 0.3) is 0 Å². The number of thioether (sulfide) groups is 1. The van der Waals surface area contributed by atoms with Gasteiger partial charge in [-0.15, -0.1) is 10.2 Å². The summed E-state index contributed by atoms with van der Waals surface area (Å²) in [7, 11) is 0. The molecule has 0 fully saturated rings. The van der Waals surface area contributed by atoms with Gasteiger partial charge in [0.15, 0.2) is 17.4 Å². The maximum atomic E-state index is 13.6. The highest BCUT2D eigenvalue weighted by Gasteiger charge is 2.22. The topological polar surface area (TPSA) is 95.1 Å². The van der Waals surface area contributed by atoms with Crippen LogP contribution in [0.2, 0.25) is 0 Å². The van der Waals surface area contributed by atoms with E-state index in [1.807, 2.05) is 12.1 Å². The Bertz CT molecular complexity index is 1040. The Balaban J connectivity index is 1.31. The van der Waals surface area contributed by atoms with E-state index in [0.29, 0.717) is 11.0 Å². The van der Waals surface area contributed by atoms with Crippen molar-refractivity contribution in [2.75, 3.05) is 11.6 Å². The van der Waals surface area contributed by atoms with Crippen LogP contribution in [0.25, 0.3) is 0 Å². The average molecular weight is 428 g/mol. The first-order valence-electron chi connectivity index (χ1n) is 9.68. The van der Waals surface area contributed by atoms with E-state index in [1.54, 1.807) is 12.1 Å². The largest absolute Gasteiger partial charge is 0.482 e. The number of benzene rings is 2. The van der Waals surface area contributed by atoms with E-state index in [0.717, 1.165) is 19.3 Å². The highest BCUT2D eigenvalue weighted by molar-refractivity contribution is 7.99. The Labute approximate surface area is 177 Å². The van der Waals surface area contributed by atoms with E-state index < -0.39 is 5.82 Å². The first kappa shape index (κ1) is 20.2. The number of hydrogen-bond acceptors (Lipinski definition) is 6. The fourth-order valence-corrected chi connectivity index (χ4v) is 4.16. The summed E-state index contributed by atoms with van der Waals surface area (Å²) in [5.74, 6) is 6.07. The molecule has 1 aromatic heterocycles.